The van der Waals surface area contributed by atoms with E-state index in [2.05, 4.69) is 22.3 Å². The number of benzene rings is 3. The molecule has 0 radical (unpaired) electrons. The van der Waals surface area contributed by atoms with Crippen molar-refractivity contribution >= 4 is 11.5 Å². The number of fused-ring (bicyclic) bond motifs is 3. The zero-order valence-corrected chi connectivity index (χ0v) is 17.3. The Morgan fingerprint density at radius 2 is 1.75 bits per heavy atom. The maximum Gasteiger partial charge on any atom is 0.231 e. The average Bonchev–Trinajstić information content (AvgIpc) is 3.25. The Hall–Kier alpha value is -3.58. The van der Waals surface area contributed by atoms with E-state index in [1.165, 1.54) is 0 Å². The Labute approximate surface area is 184 Å². The van der Waals surface area contributed by atoms with Crippen LogP contribution < -0.4 is 24.4 Å². The summed E-state index contributed by atoms with van der Waals surface area (Å²) in [7, 11) is 0. The fourth-order valence-electron chi connectivity index (χ4n) is 4.67. The first kappa shape index (κ1) is 19.1. The standard InChI is InChI=1S/C25H21FN2O4/c26-24-18-13-30-21-11-23-22(31-14-32-23)10-17(21)25(29)16(18)6-7-19(24)28-9-8-27-12-20(28)15-4-2-1-3-5-15/h1-7,10-11,20,27H,8-9,12-14H2. The lowest BCUT2D eigenvalue weighted by Gasteiger charge is -2.38. The van der Waals surface area contributed by atoms with Crippen molar-refractivity contribution in [1.82, 2.24) is 5.32 Å². The molecular formula is C25H21FN2O4. The molecule has 162 valence electrons. The van der Waals surface area contributed by atoms with Gasteiger partial charge in [0, 0.05) is 36.8 Å². The predicted octanol–water partition coefficient (Wildman–Crippen LogP) is 3.83. The van der Waals surface area contributed by atoms with Gasteiger partial charge in [-0.25, -0.2) is 4.39 Å². The zero-order valence-electron chi connectivity index (χ0n) is 17.3. The molecular weight excluding hydrogens is 411 g/mol. The number of halogens is 1. The van der Waals surface area contributed by atoms with Crippen LogP contribution in [0.3, 0.4) is 0 Å². The van der Waals surface area contributed by atoms with Gasteiger partial charge in [0.25, 0.3) is 0 Å². The third-order valence-corrected chi connectivity index (χ3v) is 6.30. The molecule has 6 rings (SSSR count). The minimum Gasteiger partial charge on any atom is -0.488 e. The lowest BCUT2D eigenvalue weighted by molar-refractivity contribution is 0.103. The number of nitrogens with one attached hydrogen (secondary N) is 1. The first-order chi connectivity index (χ1) is 15.7. The molecule has 0 aliphatic carbocycles. The molecule has 3 heterocycles. The van der Waals surface area contributed by atoms with Gasteiger partial charge in [0.15, 0.2) is 23.1 Å². The van der Waals surface area contributed by atoms with Gasteiger partial charge < -0.3 is 24.4 Å². The van der Waals surface area contributed by atoms with Crippen LogP contribution in [0, 0.1) is 5.82 Å². The Morgan fingerprint density at radius 1 is 0.938 bits per heavy atom. The molecule has 1 atom stereocenters. The summed E-state index contributed by atoms with van der Waals surface area (Å²) >= 11 is 0. The maximum atomic E-state index is 15.9. The molecule has 1 saturated heterocycles. The van der Waals surface area contributed by atoms with Gasteiger partial charge in [-0.2, -0.15) is 0 Å². The minimum atomic E-state index is -0.411. The van der Waals surface area contributed by atoms with Gasteiger partial charge >= 0.3 is 0 Å². The lowest BCUT2D eigenvalue weighted by Crippen LogP contribution is -2.46. The molecule has 3 aromatic carbocycles. The van der Waals surface area contributed by atoms with Crippen molar-refractivity contribution in [2.75, 3.05) is 31.3 Å². The van der Waals surface area contributed by atoms with Gasteiger partial charge in [-0.15, -0.1) is 0 Å². The highest BCUT2D eigenvalue weighted by Gasteiger charge is 2.32. The number of ether oxygens (including phenoxy) is 3. The number of rotatable bonds is 2. The molecule has 0 spiro atoms. The van der Waals surface area contributed by atoms with Gasteiger partial charge in [-0.05, 0) is 23.8 Å². The second-order valence-corrected chi connectivity index (χ2v) is 8.07. The Bertz CT molecular complexity index is 1210. The molecule has 1 N–H and O–H groups in total. The van der Waals surface area contributed by atoms with E-state index in [1.54, 1.807) is 24.3 Å². The minimum absolute atomic E-state index is 0.00522. The third kappa shape index (κ3) is 3.00. The van der Waals surface area contributed by atoms with Gasteiger partial charge in [-0.1, -0.05) is 30.3 Å². The van der Waals surface area contributed by atoms with Gasteiger partial charge in [0.2, 0.25) is 6.79 Å². The summed E-state index contributed by atoms with van der Waals surface area (Å²) in [5.74, 6) is 0.700. The molecule has 3 aliphatic heterocycles. The van der Waals surface area contributed by atoms with Crippen LogP contribution in [0.5, 0.6) is 17.2 Å². The van der Waals surface area contributed by atoms with Crippen LogP contribution in [-0.2, 0) is 6.61 Å². The van der Waals surface area contributed by atoms with Crippen molar-refractivity contribution < 1.29 is 23.4 Å². The van der Waals surface area contributed by atoms with Crippen LogP contribution in [-0.4, -0.2) is 32.2 Å². The molecule has 0 aromatic heterocycles. The average molecular weight is 432 g/mol. The second-order valence-electron chi connectivity index (χ2n) is 8.07. The molecule has 3 aromatic rings. The highest BCUT2D eigenvalue weighted by atomic mass is 19.1. The highest BCUT2D eigenvalue weighted by Crippen LogP contribution is 2.42. The topological polar surface area (TPSA) is 60.0 Å². The maximum absolute atomic E-state index is 15.9. The van der Waals surface area contributed by atoms with Crippen LogP contribution >= 0.6 is 0 Å². The normalized spacial score (nSPS) is 19.1. The van der Waals surface area contributed by atoms with Crippen molar-refractivity contribution in [3.63, 3.8) is 0 Å². The van der Waals surface area contributed by atoms with Gasteiger partial charge in [0.05, 0.1) is 17.3 Å². The van der Waals surface area contributed by atoms with Crippen LogP contribution in [0.25, 0.3) is 0 Å². The number of hydrogen-bond acceptors (Lipinski definition) is 6. The number of ketones is 1. The van der Waals surface area contributed by atoms with E-state index in [1.807, 2.05) is 18.2 Å². The fraction of sp³-hybridized carbons (Fsp3) is 0.240. The Morgan fingerprint density at radius 3 is 2.59 bits per heavy atom. The molecule has 0 amide bonds. The number of nitrogens with zero attached hydrogens (tertiary/aromatic N) is 1. The van der Waals surface area contributed by atoms with E-state index < -0.39 is 5.82 Å². The summed E-state index contributed by atoms with van der Waals surface area (Å²) < 4.78 is 32.6. The Balaban J connectivity index is 1.40. The first-order valence-electron chi connectivity index (χ1n) is 10.7. The van der Waals surface area contributed by atoms with E-state index in [4.69, 9.17) is 14.2 Å². The molecule has 6 nitrogen and oxygen atoms in total. The molecule has 7 heteroatoms. The predicted molar refractivity (Wildman–Crippen MR) is 116 cm³/mol. The van der Waals surface area contributed by atoms with E-state index in [0.29, 0.717) is 47.2 Å². The summed E-state index contributed by atoms with van der Waals surface area (Å²) in [6, 6.07) is 16.7. The Kier molecular flexibility index (Phi) is 4.50. The van der Waals surface area contributed by atoms with Gasteiger partial charge in [-0.3, -0.25) is 4.79 Å². The van der Waals surface area contributed by atoms with E-state index in [-0.39, 0.29) is 30.8 Å². The van der Waals surface area contributed by atoms with Crippen molar-refractivity contribution in [3.8, 4) is 17.2 Å². The van der Waals surface area contributed by atoms with Crippen molar-refractivity contribution in [1.29, 1.82) is 0 Å². The SMILES string of the molecule is O=C1c2cc3c(cc2OCc2c1ccc(N1CCNCC1c1ccccc1)c2F)OCO3. The number of piperazine rings is 1. The fourth-order valence-corrected chi connectivity index (χ4v) is 4.67. The van der Waals surface area contributed by atoms with E-state index >= 15 is 4.39 Å². The van der Waals surface area contributed by atoms with Crippen LogP contribution in [0.1, 0.15) is 33.1 Å². The molecule has 3 aliphatic rings. The summed E-state index contributed by atoms with van der Waals surface area (Å²) in [6.45, 7) is 2.20. The van der Waals surface area contributed by atoms with Gasteiger partial charge in [0.1, 0.15) is 12.4 Å². The number of carbonyl (C=O) groups is 1. The monoisotopic (exact) mass is 432 g/mol. The molecule has 0 saturated carbocycles. The van der Waals surface area contributed by atoms with Crippen LogP contribution in [0.2, 0.25) is 0 Å². The lowest BCUT2D eigenvalue weighted by atomic mass is 9.96. The summed E-state index contributed by atoms with van der Waals surface area (Å²) in [4.78, 5) is 15.4. The molecule has 0 bridgehead atoms. The van der Waals surface area contributed by atoms with Crippen LogP contribution in [0.4, 0.5) is 10.1 Å². The highest BCUT2D eigenvalue weighted by molar-refractivity contribution is 6.12. The molecule has 1 unspecified atom stereocenters. The third-order valence-electron chi connectivity index (χ3n) is 6.30. The summed E-state index contributed by atoms with van der Waals surface area (Å²) in [5.41, 5.74) is 2.54. The summed E-state index contributed by atoms with van der Waals surface area (Å²) in [6.07, 6.45) is 0. The quantitative estimate of drug-likeness (QED) is 0.664. The second kappa shape index (κ2) is 7.53. The zero-order chi connectivity index (χ0) is 21.7. The smallest absolute Gasteiger partial charge is 0.231 e. The van der Waals surface area contributed by atoms with Crippen LogP contribution in [0.15, 0.2) is 54.6 Å². The van der Waals surface area contributed by atoms with E-state index in [9.17, 15) is 4.79 Å². The number of anilines is 1. The largest absolute Gasteiger partial charge is 0.488 e. The van der Waals surface area contributed by atoms with Crippen molar-refractivity contribution in [3.05, 3.63) is 82.7 Å². The number of carbonyl (C=O) groups excluding carboxylic acids is 1. The van der Waals surface area contributed by atoms with Crippen molar-refractivity contribution in [2.45, 2.75) is 12.6 Å². The number of hydrogen-bond donors (Lipinski definition) is 1. The van der Waals surface area contributed by atoms with Crippen molar-refractivity contribution in [2.24, 2.45) is 0 Å². The molecule has 1 fully saturated rings. The summed E-state index contributed by atoms with van der Waals surface area (Å²) in [5, 5.41) is 3.40. The van der Waals surface area contributed by atoms with E-state index in [0.717, 1.165) is 12.1 Å². The first-order valence-corrected chi connectivity index (χ1v) is 10.7. The molecule has 32 heavy (non-hydrogen) atoms.